The summed E-state index contributed by atoms with van der Waals surface area (Å²) in [7, 11) is 0. The summed E-state index contributed by atoms with van der Waals surface area (Å²) in [6, 6.07) is 5.98. The predicted octanol–water partition coefficient (Wildman–Crippen LogP) is 3.07. The Hall–Kier alpha value is -1.35. The van der Waals surface area contributed by atoms with Gasteiger partial charge in [-0.1, -0.05) is 25.5 Å². The Morgan fingerprint density at radius 2 is 2.25 bits per heavy atom. The van der Waals surface area contributed by atoms with Crippen molar-refractivity contribution in [3.63, 3.8) is 0 Å². The first-order valence-electron chi connectivity index (χ1n) is 7.76. The minimum Gasteiger partial charge on any atom is -0.459 e. The first-order chi connectivity index (χ1) is 9.74. The number of carbonyl (C=O) groups is 1. The van der Waals surface area contributed by atoms with E-state index in [1.165, 1.54) is 24.0 Å². The Kier molecular flexibility index (Phi) is 4.06. The summed E-state index contributed by atoms with van der Waals surface area (Å²) in [4.78, 5) is 12.4. The molecule has 0 saturated heterocycles. The number of nitrogens with one attached hydrogen (secondary N) is 1. The summed E-state index contributed by atoms with van der Waals surface area (Å²) in [5.41, 5.74) is 3.20. The van der Waals surface area contributed by atoms with Crippen molar-refractivity contribution < 1.29 is 9.53 Å². The Morgan fingerprint density at radius 3 is 3.10 bits per heavy atom. The zero-order valence-electron chi connectivity index (χ0n) is 12.2. The molecule has 108 valence electrons. The van der Waals surface area contributed by atoms with E-state index in [1.54, 1.807) is 0 Å². The fourth-order valence-electron chi connectivity index (χ4n) is 3.42. The molecule has 1 aliphatic carbocycles. The van der Waals surface area contributed by atoms with Gasteiger partial charge < -0.3 is 10.1 Å². The minimum atomic E-state index is -0.122. The number of hydrogen-bond donors (Lipinski definition) is 1. The zero-order valence-corrected chi connectivity index (χ0v) is 12.2. The van der Waals surface area contributed by atoms with Crippen molar-refractivity contribution in [1.29, 1.82) is 0 Å². The van der Waals surface area contributed by atoms with Gasteiger partial charge in [0.15, 0.2) is 0 Å². The largest absolute Gasteiger partial charge is 0.459 e. The molecule has 1 aromatic carbocycles. The van der Waals surface area contributed by atoms with Gasteiger partial charge in [0.1, 0.15) is 6.10 Å². The molecule has 1 aliphatic heterocycles. The topological polar surface area (TPSA) is 38.3 Å². The van der Waals surface area contributed by atoms with Crippen LogP contribution in [-0.2, 0) is 17.7 Å². The van der Waals surface area contributed by atoms with Crippen molar-refractivity contribution in [2.75, 3.05) is 6.54 Å². The van der Waals surface area contributed by atoms with Crippen molar-refractivity contribution in [2.45, 2.75) is 51.7 Å². The number of rotatable bonds is 2. The van der Waals surface area contributed by atoms with Crippen LogP contribution in [0.15, 0.2) is 18.2 Å². The van der Waals surface area contributed by atoms with Crippen LogP contribution in [0.25, 0.3) is 0 Å². The Bertz CT molecular complexity index is 498. The number of fused-ring (bicyclic) bond motifs is 1. The van der Waals surface area contributed by atoms with Crippen molar-refractivity contribution in [1.82, 2.24) is 5.32 Å². The van der Waals surface area contributed by atoms with Gasteiger partial charge >= 0.3 is 5.97 Å². The zero-order chi connectivity index (χ0) is 13.9. The molecule has 0 aromatic heterocycles. The third-order valence-corrected chi connectivity index (χ3v) is 4.52. The van der Waals surface area contributed by atoms with Crippen molar-refractivity contribution in [3.05, 3.63) is 34.9 Å². The standard InChI is InChI=1S/C17H23NO2/c1-12-4-2-6-14(10-12)20-17(19)16-7-3-5-13-11-18-9-8-15(13)16/h3,5,7,12,14,18H,2,4,6,8-11H2,1H3. The van der Waals surface area contributed by atoms with Crippen LogP contribution in [0.5, 0.6) is 0 Å². The summed E-state index contributed by atoms with van der Waals surface area (Å²) >= 11 is 0. The van der Waals surface area contributed by atoms with Crippen LogP contribution in [0.1, 0.15) is 54.1 Å². The molecule has 1 N–H and O–H groups in total. The first-order valence-corrected chi connectivity index (χ1v) is 7.76. The van der Waals surface area contributed by atoms with Crippen molar-refractivity contribution in [3.8, 4) is 0 Å². The smallest absolute Gasteiger partial charge is 0.338 e. The normalized spacial score (nSPS) is 25.9. The van der Waals surface area contributed by atoms with Gasteiger partial charge in [0, 0.05) is 6.54 Å². The minimum absolute atomic E-state index is 0.115. The lowest BCUT2D eigenvalue weighted by atomic mass is 9.88. The Labute approximate surface area is 120 Å². The van der Waals surface area contributed by atoms with Gasteiger partial charge in [-0.2, -0.15) is 0 Å². The lowest BCUT2D eigenvalue weighted by molar-refractivity contribution is 0.0153. The maximum Gasteiger partial charge on any atom is 0.338 e. The van der Waals surface area contributed by atoms with Crippen LogP contribution in [-0.4, -0.2) is 18.6 Å². The van der Waals surface area contributed by atoms with E-state index in [0.29, 0.717) is 5.92 Å². The second-order valence-electron chi connectivity index (χ2n) is 6.17. The van der Waals surface area contributed by atoms with E-state index in [2.05, 4.69) is 18.3 Å². The molecule has 2 atom stereocenters. The maximum absolute atomic E-state index is 12.4. The highest BCUT2D eigenvalue weighted by Crippen LogP contribution is 2.27. The van der Waals surface area contributed by atoms with Crippen molar-refractivity contribution in [2.24, 2.45) is 5.92 Å². The molecule has 0 radical (unpaired) electrons. The van der Waals surface area contributed by atoms with Gasteiger partial charge in [-0.3, -0.25) is 0 Å². The summed E-state index contributed by atoms with van der Waals surface area (Å²) in [5.74, 6) is 0.554. The number of hydrogen-bond acceptors (Lipinski definition) is 3. The van der Waals surface area contributed by atoms with Crippen LogP contribution >= 0.6 is 0 Å². The average Bonchev–Trinajstić information content (AvgIpc) is 2.46. The monoisotopic (exact) mass is 273 g/mol. The number of benzene rings is 1. The lowest BCUT2D eigenvalue weighted by Gasteiger charge is -2.27. The Balaban J connectivity index is 1.74. The molecule has 1 aromatic rings. The van der Waals surface area contributed by atoms with Gasteiger partial charge in [0.2, 0.25) is 0 Å². The molecule has 3 heteroatoms. The van der Waals surface area contributed by atoms with Gasteiger partial charge in [-0.15, -0.1) is 0 Å². The van der Waals surface area contributed by atoms with E-state index in [4.69, 9.17) is 4.74 Å². The highest BCUT2D eigenvalue weighted by molar-refractivity contribution is 5.91. The van der Waals surface area contributed by atoms with Gasteiger partial charge in [0.25, 0.3) is 0 Å². The second-order valence-corrected chi connectivity index (χ2v) is 6.17. The van der Waals surface area contributed by atoms with Crippen LogP contribution in [0.4, 0.5) is 0 Å². The molecular weight excluding hydrogens is 250 g/mol. The molecule has 0 spiro atoms. The quantitative estimate of drug-likeness (QED) is 0.842. The molecule has 0 amide bonds. The summed E-state index contributed by atoms with van der Waals surface area (Å²) in [6.45, 7) is 4.05. The number of ether oxygens (including phenoxy) is 1. The highest BCUT2D eigenvalue weighted by Gasteiger charge is 2.24. The van der Waals surface area contributed by atoms with Gasteiger partial charge in [-0.25, -0.2) is 4.79 Å². The van der Waals surface area contributed by atoms with Crippen LogP contribution in [0, 0.1) is 5.92 Å². The third kappa shape index (κ3) is 2.88. The molecule has 2 aliphatic rings. The molecule has 20 heavy (non-hydrogen) atoms. The summed E-state index contributed by atoms with van der Waals surface area (Å²) in [6.07, 6.45) is 5.51. The van der Waals surface area contributed by atoms with E-state index in [0.717, 1.165) is 37.9 Å². The lowest BCUT2D eigenvalue weighted by Crippen LogP contribution is -2.28. The highest BCUT2D eigenvalue weighted by atomic mass is 16.5. The van der Waals surface area contributed by atoms with Crippen LogP contribution < -0.4 is 5.32 Å². The maximum atomic E-state index is 12.4. The Morgan fingerprint density at radius 1 is 1.35 bits per heavy atom. The van der Waals surface area contributed by atoms with Crippen molar-refractivity contribution >= 4 is 5.97 Å². The second kappa shape index (κ2) is 5.96. The summed E-state index contributed by atoms with van der Waals surface area (Å²) < 4.78 is 5.75. The average molecular weight is 273 g/mol. The fourth-order valence-corrected chi connectivity index (χ4v) is 3.42. The molecule has 3 nitrogen and oxygen atoms in total. The number of esters is 1. The van der Waals surface area contributed by atoms with Gasteiger partial charge in [0.05, 0.1) is 5.56 Å². The third-order valence-electron chi connectivity index (χ3n) is 4.52. The van der Waals surface area contributed by atoms with Crippen LogP contribution in [0.2, 0.25) is 0 Å². The molecule has 0 bridgehead atoms. The van der Waals surface area contributed by atoms with E-state index in [9.17, 15) is 4.79 Å². The molecule has 1 saturated carbocycles. The summed E-state index contributed by atoms with van der Waals surface area (Å²) in [5, 5.41) is 3.34. The molecule has 3 rings (SSSR count). The SMILES string of the molecule is CC1CCCC(OC(=O)c2cccc3c2CCNC3)C1. The molecule has 2 unspecified atom stereocenters. The van der Waals surface area contributed by atoms with Gasteiger partial charge in [-0.05, 0) is 55.3 Å². The predicted molar refractivity (Wildman–Crippen MR) is 78.7 cm³/mol. The number of carbonyl (C=O) groups excluding carboxylic acids is 1. The first kappa shape index (κ1) is 13.6. The molecule has 1 fully saturated rings. The molecule has 1 heterocycles. The van der Waals surface area contributed by atoms with E-state index >= 15 is 0 Å². The fraction of sp³-hybridized carbons (Fsp3) is 0.588. The van der Waals surface area contributed by atoms with Crippen LogP contribution in [0.3, 0.4) is 0 Å². The van der Waals surface area contributed by atoms with E-state index in [1.807, 2.05) is 12.1 Å². The van der Waals surface area contributed by atoms with E-state index in [-0.39, 0.29) is 12.1 Å². The molecular formula is C17H23NO2. The van der Waals surface area contributed by atoms with E-state index < -0.39 is 0 Å².